The SMILES string of the molecule is CCCCCCCC/C=C\CCCCCCCC(=O)OCCCCCCCCCCC/C=C\CCCCCCCCCC(=O)NC(CO)C(O)CCCCCCCCCCCCCCCCCCC. The number of carbonyl (C=O) groups excluding carboxylic acids is 2. The van der Waals surface area contributed by atoms with E-state index in [-0.39, 0.29) is 18.5 Å². The molecule has 69 heavy (non-hydrogen) atoms. The van der Waals surface area contributed by atoms with Gasteiger partial charge < -0.3 is 20.3 Å². The van der Waals surface area contributed by atoms with Gasteiger partial charge in [-0.1, -0.05) is 276 Å². The topological polar surface area (TPSA) is 95.9 Å². The summed E-state index contributed by atoms with van der Waals surface area (Å²) in [5, 5.41) is 23.3. The Morgan fingerprint density at radius 1 is 0.391 bits per heavy atom. The lowest BCUT2D eigenvalue weighted by atomic mass is 10.0. The van der Waals surface area contributed by atoms with Crippen LogP contribution < -0.4 is 5.32 Å². The zero-order chi connectivity index (χ0) is 50.0. The van der Waals surface area contributed by atoms with Crippen molar-refractivity contribution in [1.82, 2.24) is 5.32 Å². The molecular weight excluding hydrogens is 851 g/mol. The molecule has 6 heteroatoms. The van der Waals surface area contributed by atoms with Gasteiger partial charge in [-0.25, -0.2) is 0 Å². The molecular formula is C63H121NO5. The van der Waals surface area contributed by atoms with Crippen molar-refractivity contribution < 1.29 is 24.5 Å². The van der Waals surface area contributed by atoms with Gasteiger partial charge in [-0.15, -0.1) is 0 Å². The van der Waals surface area contributed by atoms with E-state index < -0.39 is 12.1 Å². The van der Waals surface area contributed by atoms with Crippen molar-refractivity contribution in [3.8, 4) is 0 Å². The van der Waals surface area contributed by atoms with Crippen LogP contribution >= 0.6 is 0 Å². The van der Waals surface area contributed by atoms with E-state index in [1.54, 1.807) is 0 Å². The smallest absolute Gasteiger partial charge is 0.305 e. The van der Waals surface area contributed by atoms with Crippen LogP contribution in [0.5, 0.6) is 0 Å². The standard InChI is InChI=1S/C63H121NO5/c1-3-5-7-9-11-13-15-17-19-24-28-31-35-39-43-47-51-55-61(66)60(59-65)64-62(67)56-52-48-44-40-36-32-29-25-22-20-21-23-26-30-34-38-42-46-50-54-58-69-63(68)57-53-49-45-41-37-33-27-18-16-14-12-10-8-6-4-2/h18,20,22,27,60-61,65-66H,3-17,19,21,23-26,28-59H2,1-2H3,(H,64,67)/b22-20-,27-18-. The van der Waals surface area contributed by atoms with Gasteiger partial charge in [-0.05, 0) is 77.0 Å². The molecule has 0 aliphatic rings. The highest BCUT2D eigenvalue weighted by Crippen LogP contribution is 2.17. The number of allylic oxidation sites excluding steroid dienone is 4. The van der Waals surface area contributed by atoms with Gasteiger partial charge >= 0.3 is 5.97 Å². The lowest BCUT2D eigenvalue weighted by Crippen LogP contribution is -2.45. The van der Waals surface area contributed by atoms with E-state index in [4.69, 9.17) is 4.74 Å². The average Bonchev–Trinajstić information content (AvgIpc) is 3.35. The molecule has 0 saturated carbocycles. The fourth-order valence-electron chi connectivity index (χ4n) is 9.69. The molecule has 0 fully saturated rings. The minimum absolute atomic E-state index is 0.00121. The Bertz CT molecular complexity index is 1080. The van der Waals surface area contributed by atoms with Crippen molar-refractivity contribution in [3.05, 3.63) is 24.3 Å². The van der Waals surface area contributed by atoms with E-state index in [1.807, 2.05) is 0 Å². The van der Waals surface area contributed by atoms with Gasteiger partial charge in [0.2, 0.25) is 5.91 Å². The highest BCUT2D eigenvalue weighted by atomic mass is 16.5. The molecule has 0 bridgehead atoms. The molecule has 0 aromatic heterocycles. The molecule has 0 heterocycles. The summed E-state index contributed by atoms with van der Waals surface area (Å²) in [6.07, 6.45) is 71.8. The summed E-state index contributed by atoms with van der Waals surface area (Å²) in [6, 6.07) is -0.548. The van der Waals surface area contributed by atoms with Gasteiger partial charge in [0, 0.05) is 12.8 Å². The minimum Gasteiger partial charge on any atom is -0.466 e. The first-order chi connectivity index (χ1) is 34.0. The molecule has 408 valence electrons. The highest BCUT2D eigenvalue weighted by molar-refractivity contribution is 5.76. The Morgan fingerprint density at radius 3 is 1.03 bits per heavy atom. The number of rotatable bonds is 58. The van der Waals surface area contributed by atoms with Crippen LogP contribution in [0.25, 0.3) is 0 Å². The molecule has 0 saturated heterocycles. The number of ether oxygens (including phenoxy) is 1. The quantitative estimate of drug-likeness (QED) is 0.0321. The van der Waals surface area contributed by atoms with Crippen LogP contribution in [-0.2, 0) is 14.3 Å². The number of aliphatic hydroxyl groups is 2. The summed E-state index contributed by atoms with van der Waals surface area (Å²) in [5.41, 5.74) is 0. The zero-order valence-electron chi connectivity index (χ0n) is 46.6. The van der Waals surface area contributed by atoms with Crippen LogP contribution in [0.1, 0.15) is 341 Å². The predicted octanol–water partition coefficient (Wildman–Crippen LogP) is 19.4. The number of unbranched alkanes of at least 4 members (excludes halogenated alkanes) is 43. The molecule has 6 nitrogen and oxygen atoms in total. The Morgan fingerprint density at radius 2 is 0.681 bits per heavy atom. The first kappa shape index (κ1) is 67.3. The lowest BCUT2D eigenvalue weighted by Gasteiger charge is -2.22. The van der Waals surface area contributed by atoms with Gasteiger partial charge in [0.1, 0.15) is 0 Å². The second-order valence-corrected chi connectivity index (χ2v) is 21.4. The number of hydrogen-bond donors (Lipinski definition) is 3. The van der Waals surface area contributed by atoms with E-state index in [2.05, 4.69) is 43.5 Å². The third-order valence-electron chi connectivity index (χ3n) is 14.5. The van der Waals surface area contributed by atoms with E-state index in [1.165, 1.54) is 263 Å². The number of hydrogen-bond acceptors (Lipinski definition) is 5. The number of amides is 1. The van der Waals surface area contributed by atoms with Crippen LogP contribution in [0.2, 0.25) is 0 Å². The molecule has 3 N–H and O–H groups in total. The van der Waals surface area contributed by atoms with Gasteiger partial charge in [0.15, 0.2) is 0 Å². The van der Waals surface area contributed by atoms with Crippen molar-refractivity contribution in [2.45, 2.75) is 353 Å². The fourth-order valence-corrected chi connectivity index (χ4v) is 9.69. The van der Waals surface area contributed by atoms with Crippen molar-refractivity contribution >= 4 is 11.9 Å². The summed E-state index contributed by atoms with van der Waals surface area (Å²) in [7, 11) is 0. The van der Waals surface area contributed by atoms with Crippen molar-refractivity contribution in [3.63, 3.8) is 0 Å². The first-order valence-electron chi connectivity index (χ1n) is 31.1. The van der Waals surface area contributed by atoms with Crippen LogP contribution in [0, 0.1) is 0 Å². The Hall–Kier alpha value is -1.66. The molecule has 0 radical (unpaired) electrons. The maximum atomic E-state index is 12.5. The lowest BCUT2D eigenvalue weighted by molar-refractivity contribution is -0.143. The Labute approximate surface area is 431 Å². The Balaban J connectivity index is 3.43. The normalized spacial score (nSPS) is 12.7. The summed E-state index contributed by atoms with van der Waals surface area (Å²) in [4.78, 5) is 24.5. The monoisotopic (exact) mass is 972 g/mol. The maximum Gasteiger partial charge on any atom is 0.305 e. The second-order valence-electron chi connectivity index (χ2n) is 21.4. The highest BCUT2D eigenvalue weighted by Gasteiger charge is 2.20. The molecule has 1 amide bonds. The molecule has 0 spiro atoms. The number of nitrogens with one attached hydrogen (secondary N) is 1. The van der Waals surface area contributed by atoms with Gasteiger partial charge in [-0.3, -0.25) is 9.59 Å². The maximum absolute atomic E-state index is 12.5. The molecule has 0 aromatic rings. The van der Waals surface area contributed by atoms with Crippen molar-refractivity contribution in [1.29, 1.82) is 0 Å². The van der Waals surface area contributed by atoms with E-state index in [0.29, 0.717) is 25.9 Å². The molecule has 2 atom stereocenters. The number of carbonyl (C=O) groups is 2. The summed E-state index contributed by atoms with van der Waals surface area (Å²) in [6.45, 7) is 4.95. The number of aliphatic hydroxyl groups excluding tert-OH is 2. The van der Waals surface area contributed by atoms with Crippen LogP contribution in [-0.4, -0.2) is 47.4 Å². The molecule has 0 rings (SSSR count). The van der Waals surface area contributed by atoms with Gasteiger partial charge in [0.25, 0.3) is 0 Å². The summed E-state index contributed by atoms with van der Waals surface area (Å²) < 4.78 is 5.48. The van der Waals surface area contributed by atoms with Gasteiger partial charge in [-0.2, -0.15) is 0 Å². The van der Waals surface area contributed by atoms with Crippen molar-refractivity contribution in [2.75, 3.05) is 13.2 Å². The second kappa shape index (κ2) is 58.9. The Kier molecular flexibility index (Phi) is 57.5. The van der Waals surface area contributed by atoms with Crippen LogP contribution in [0.15, 0.2) is 24.3 Å². The minimum atomic E-state index is -0.670. The predicted molar refractivity (Wildman–Crippen MR) is 301 cm³/mol. The van der Waals surface area contributed by atoms with Crippen LogP contribution in [0.3, 0.4) is 0 Å². The van der Waals surface area contributed by atoms with E-state index >= 15 is 0 Å². The number of esters is 1. The first-order valence-corrected chi connectivity index (χ1v) is 31.1. The van der Waals surface area contributed by atoms with Gasteiger partial charge in [0.05, 0.1) is 25.4 Å². The van der Waals surface area contributed by atoms with Crippen molar-refractivity contribution in [2.24, 2.45) is 0 Å². The third kappa shape index (κ3) is 55.5. The summed E-state index contributed by atoms with van der Waals surface area (Å²) >= 11 is 0. The van der Waals surface area contributed by atoms with E-state index in [0.717, 1.165) is 44.9 Å². The third-order valence-corrected chi connectivity index (χ3v) is 14.5. The summed E-state index contributed by atoms with van der Waals surface area (Å²) in [5.74, 6) is -0.0426. The van der Waals surface area contributed by atoms with E-state index in [9.17, 15) is 19.8 Å². The molecule has 0 aliphatic heterocycles. The molecule has 0 aromatic carbocycles. The molecule has 2 unspecified atom stereocenters. The largest absolute Gasteiger partial charge is 0.466 e. The fraction of sp³-hybridized carbons (Fsp3) is 0.905. The van der Waals surface area contributed by atoms with Crippen LogP contribution in [0.4, 0.5) is 0 Å². The zero-order valence-corrected chi connectivity index (χ0v) is 46.6. The molecule has 0 aliphatic carbocycles. The average molecular weight is 973 g/mol.